The molecular formula is C17H14FN5O3S. The summed E-state index contributed by atoms with van der Waals surface area (Å²) in [5.74, 6) is -1.34. The number of thiazole rings is 1. The highest BCUT2D eigenvalue weighted by molar-refractivity contribution is 7.09. The lowest BCUT2D eigenvalue weighted by molar-refractivity contribution is -0.122. The number of benzene rings is 1. The van der Waals surface area contributed by atoms with Gasteiger partial charge in [-0.2, -0.15) is 0 Å². The molecule has 0 saturated carbocycles. The number of hydrogen-bond donors (Lipinski definition) is 1. The molecule has 1 fully saturated rings. The molecule has 2 amide bonds. The molecule has 1 atom stereocenters. The summed E-state index contributed by atoms with van der Waals surface area (Å²) in [5, 5.41) is 12.8. The van der Waals surface area contributed by atoms with Crippen LogP contribution in [-0.2, 0) is 9.59 Å². The van der Waals surface area contributed by atoms with E-state index in [1.165, 1.54) is 40.5 Å². The summed E-state index contributed by atoms with van der Waals surface area (Å²) in [6, 6.07) is 5.52. The first-order chi connectivity index (χ1) is 13.0. The second kappa shape index (κ2) is 6.88. The van der Waals surface area contributed by atoms with Gasteiger partial charge in [0, 0.05) is 24.0 Å². The second-order valence-corrected chi connectivity index (χ2v) is 7.10. The first kappa shape index (κ1) is 17.3. The minimum Gasteiger partial charge on any atom is -0.401 e. The van der Waals surface area contributed by atoms with Crippen molar-refractivity contribution in [3.05, 3.63) is 40.5 Å². The van der Waals surface area contributed by atoms with Crippen molar-refractivity contribution in [1.29, 1.82) is 0 Å². The van der Waals surface area contributed by atoms with Gasteiger partial charge in [0.05, 0.1) is 10.9 Å². The van der Waals surface area contributed by atoms with Crippen LogP contribution in [0.5, 0.6) is 0 Å². The van der Waals surface area contributed by atoms with Crippen molar-refractivity contribution < 1.29 is 18.4 Å². The van der Waals surface area contributed by atoms with Crippen molar-refractivity contribution in [2.45, 2.75) is 13.3 Å². The molecule has 0 spiro atoms. The Morgan fingerprint density at radius 1 is 1.33 bits per heavy atom. The van der Waals surface area contributed by atoms with Gasteiger partial charge >= 0.3 is 6.01 Å². The van der Waals surface area contributed by atoms with E-state index in [1.54, 1.807) is 5.38 Å². The number of aryl methyl sites for hydroxylation is 1. The third-order valence-electron chi connectivity index (χ3n) is 4.13. The van der Waals surface area contributed by atoms with Crippen molar-refractivity contribution in [3.8, 4) is 11.6 Å². The molecule has 1 aromatic carbocycles. The Bertz CT molecular complexity index is 1000. The monoisotopic (exact) mass is 387 g/mol. The van der Waals surface area contributed by atoms with Crippen LogP contribution in [0.25, 0.3) is 11.6 Å². The van der Waals surface area contributed by atoms with Gasteiger partial charge in [-0.15, -0.1) is 16.4 Å². The topological polar surface area (TPSA) is 101 Å². The fourth-order valence-corrected chi connectivity index (χ4v) is 3.39. The van der Waals surface area contributed by atoms with Crippen LogP contribution >= 0.6 is 11.3 Å². The summed E-state index contributed by atoms with van der Waals surface area (Å²) in [6.07, 6.45) is 0.0511. The average molecular weight is 387 g/mol. The van der Waals surface area contributed by atoms with E-state index in [2.05, 4.69) is 20.5 Å². The number of hydrogen-bond acceptors (Lipinski definition) is 7. The first-order valence-corrected chi connectivity index (χ1v) is 9.00. The van der Waals surface area contributed by atoms with Crippen LogP contribution in [0.2, 0.25) is 0 Å². The van der Waals surface area contributed by atoms with Crippen LogP contribution in [-0.4, -0.2) is 33.5 Å². The molecule has 1 saturated heterocycles. The molecule has 0 bridgehead atoms. The van der Waals surface area contributed by atoms with Gasteiger partial charge < -0.3 is 9.32 Å². The van der Waals surface area contributed by atoms with Crippen molar-refractivity contribution in [3.63, 3.8) is 0 Å². The molecule has 8 nitrogen and oxygen atoms in total. The van der Waals surface area contributed by atoms with E-state index >= 15 is 0 Å². The molecular weight excluding hydrogens is 373 g/mol. The van der Waals surface area contributed by atoms with E-state index in [0.29, 0.717) is 11.4 Å². The number of carbonyl (C=O) groups is 2. The third kappa shape index (κ3) is 3.56. The highest BCUT2D eigenvalue weighted by Gasteiger charge is 2.35. The van der Waals surface area contributed by atoms with Crippen molar-refractivity contribution in [2.75, 3.05) is 16.8 Å². The molecule has 1 N–H and O–H groups in total. The van der Waals surface area contributed by atoms with E-state index in [1.807, 2.05) is 6.92 Å². The SMILES string of the molecule is Cc1nc(-c2nnc(NC(=O)C3CC(=O)N(c4ccc(F)cc4)C3)o2)cs1. The Labute approximate surface area is 157 Å². The quantitative estimate of drug-likeness (QED) is 0.738. The number of nitrogens with one attached hydrogen (secondary N) is 1. The normalized spacial score (nSPS) is 16.7. The molecule has 4 rings (SSSR count). The highest BCUT2D eigenvalue weighted by Crippen LogP contribution is 2.27. The number of halogens is 1. The molecule has 3 aromatic rings. The number of amides is 2. The van der Waals surface area contributed by atoms with Crippen LogP contribution < -0.4 is 10.2 Å². The average Bonchev–Trinajstić information content (AvgIpc) is 3.36. The number of aromatic nitrogens is 3. The van der Waals surface area contributed by atoms with Gasteiger partial charge in [0.2, 0.25) is 11.8 Å². The van der Waals surface area contributed by atoms with Crippen LogP contribution in [0.1, 0.15) is 11.4 Å². The molecule has 0 aliphatic carbocycles. The van der Waals surface area contributed by atoms with Gasteiger partial charge in [0.25, 0.3) is 5.89 Å². The van der Waals surface area contributed by atoms with Gasteiger partial charge in [-0.05, 0) is 31.2 Å². The predicted molar refractivity (Wildman–Crippen MR) is 95.6 cm³/mol. The fourth-order valence-electron chi connectivity index (χ4n) is 2.80. The lowest BCUT2D eigenvalue weighted by Gasteiger charge is -2.16. The van der Waals surface area contributed by atoms with E-state index in [-0.39, 0.29) is 36.6 Å². The highest BCUT2D eigenvalue weighted by atomic mass is 32.1. The van der Waals surface area contributed by atoms with E-state index in [4.69, 9.17) is 4.42 Å². The number of anilines is 2. The van der Waals surface area contributed by atoms with Crippen LogP contribution in [0.3, 0.4) is 0 Å². The zero-order valence-electron chi connectivity index (χ0n) is 14.2. The second-order valence-electron chi connectivity index (χ2n) is 6.04. The Kier molecular flexibility index (Phi) is 4.40. The zero-order chi connectivity index (χ0) is 19.0. The van der Waals surface area contributed by atoms with Gasteiger partial charge in [0.1, 0.15) is 11.5 Å². The van der Waals surface area contributed by atoms with Gasteiger partial charge in [0.15, 0.2) is 0 Å². The lowest BCUT2D eigenvalue weighted by atomic mass is 10.1. The Hall–Kier alpha value is -3.14. The Balaban J connectivity index is 1.42. The largest absolute Gasteiger partial charge is 0.401 e. The number of nitrogens with zero attached hydrogens (tertiary/aromatic N) is 4. The maximum absolute atomic E-state index is 13.0. The zero-order valence-corrected chi connectivity index (χ0v) is 15.0. The Morgan fingerprint density at radius 2 is 2.11 bits per heavy atom. The summed E-state index contributed by atoms with van der Waals surface area (Å²) in [6.45, 7) is 2.06. The van der Waals surface area contributed by atoms with Crippen LogP contribution in [0, 0.1) is 18.7 Å². The molecule has 138 valence electrons. The van der Waals surface area contributed by atoms with Gasteiger partial charge in [-0.1, -0.05) is 5.10 Å². The fraction of sp³-hybridized carbons (Fsp3) is 0.235. The number of rotatable bonds is 4. The summed E-state index contributed by atoms with van der Waals surface area (Å²) < 4.78 is 18.5. The molecule has 1 unspecified atom stereocenters. The summed E-state index contributed by atoms with van der Waals surface area (Å²) in [5.41, 5.74) is 1.10. The Morgan fingerprint density at radius 3 is 2.81 bits per heavy atom. The van der Waals surface area contributed by atoms with Gasteiger partial charge in [-0.3, -0.25) is 14.9 Å². The van der Waals surface area contributed by atoms with Crippen LogP contribution in [0.15, 0.2) is 34.1 Å². The summed E-state index contributed by atoms with van der Waals surface area (Å²) in [4.78, 5) is 30.4. The third-order valence-corrected chi connectivity index (χ3v) is 4.90. The number of carbonyl (C=O) groups excluding carboxylic acids is 2. The molecule has 2 aromatic heterocycles. The van der Waals surface area contributed by atoms with Crippen molar-refractivity contribution in [1.82, 2.24) is 15.2 Å². The van der Waals surface area contributed by atoms with E-state index < -0.39 is 11.8 Å². The molecule has 1 aliphatic rings. The minimum absolute atomic E-state index is 0.0478. The predicted octanol–water partition coefficient (Wildman–Crippen LogP) is 2.63. The molecule has 0 radical (unpaired) electrons. The maximum atomic E-state index is 13.0. The molecule has 1 aliphatic heterocycles. The maximum Gasteiger partial charge on any atom is 0.322 e. The standard InChI is InChI=1S/C17H14FN5O3S/c1-9-19-13(8-27-9)16-21-22-17(26-16)20-15(25)10-6-14(24)23(7-10)12-4-2-11(18)3-5-12/h2-5,8,10H,6-7H2,1H3,(H,20,22,25). The summed E-state index contributed by atoms with van der Waals surface area (Å²) >= 11 is 1.45. The lowest BCUT2D eigenvalue weighted by Crippen LogP contribution is -2.28. The summed E-state index contributed by atoms with van der Waals surface area (Å²) in [7, 11) is 0. The molecule has 3 heterocycles. The van der Waals surface area contributed by atoms with Crippen molar-refractivity contribution >= 4 is 34.9 Å². The first-order valence-electron chi connectivity index (χ1n) is 8.12. The van der Waals surface area contributed by atoms with Gasteiger partial charge in [-0.25, -0.2) is 9.37 Å². The van der Waals surface area contributed by atoms with Crippen molar-refractivity contribution in [2.24, 2.45) is 5.92 Å². The van der Waals surface area contributed by atoms with E-state index in [9.17, 15) is 14.0 Å². The smallest absolute Gasteiger partial charge is 0.322 e. The minimum atomic E-state index is -0.570. The molecule has 27 heavy (non-hydrogen) atoms. The van der Waals surface area contributed by atoms with Crippen LogP contribution in [0.4, 0.5) is 16.1 Å². The van der Waals surface area contributed by atoms with E-state index in [0.717, 1.165) is 5.01 Å². The molecule has 10 heteroatoms.